The van der Waals surface area contributed by atoms with Gasteiger partial charge in [0.1, 0.15) is 5.75 Å². The van der Waals surface area contributed by atoms with E-state index < -0.39 is 15.9 Å². The molecule has 156 valence electrons. The Morgan fingerprint density at radius 3 is 2.33 bits per heavy atom. The number of ether oxygens (including phenoxy) is 1. The summed E-state index contributed by atoms with van der Waals surface area (Å²) in [4.78, 5) is 13.1. The van der Waals surface area contributed by atoms with Crippen molar-refractivity contribution in [2.45, 2.75) is 11.8 Å². The summed E-state index contributed by atoms with van der Waals surface area (Å²) in [7, 11) is -0.915. The predicted octanol–water partition coefficient (Wildman–Crippen LogP) is 4.73. The average molecular weight is 445 g/mol. The lowest BCUT2D eigenvalue weighted by atomic mass is 10.1. The second kappa shape index (κ2) is 8.77. The third kappa shape index (κ3) is 4.42. The Balaban J connectivity index is 1.92. The summed E-state index contributed by atoms with van der Waals surface area (Å²) in [5, 5.41) is 3.09. The fourth-order valence-corrected chi connectivity index (χ4v) is 4.35. The number of hydrogen-bond acceptors (Lipinski definition) is 4. The standard InChI is InChI=1S/C22H21ClN2O4S/c1-15-8-11-17(12-9-15)30(27,28)25(2)20-7-5-4-6-18(20)22(26)24-16-10-13-21(29-3)19(23)14-16/h4-14H,1-3H3,(H,24,26). The van der Waals surface area contributed by atoms with Gasteiger partial charge in [-0.25, -0.2) is 8.42 Å². The number of para-hydroxylation sites is 1. The molecule has 0 bridgehead atoms. The topological polar surface area (TPSA) is 75.7 Å². The normalized spacial score (nSPS) is 11.1. The van der Waals surface area contributed by atoms with Crippen LogP contribution in [0.4, 0.5) is 11.4 Å². The molecule has 3 aromatic rings. The molecule has 0 aliphatic heterocycles. The van der Waals surface area contributed by atoms with E-state index in [1.165, 1.54) is 14.2 Å². The first-order valence-electron chi connectivity index (χ1n) is 9.03. The van der Waals surface area contributed by atoms with Crippen LogP contribution in [0.1, 0.15) is 15.9 Å². The number of nitrogens with zero attached hydrogens (tertiary/aromatic N) is 1. The third-order valence-electron chi connectivity index (χ3n) is 4.58. The summed E-state index contributed by atoms with van der Waals surface area (Å²) >= 11 is 6.12. The minimum absolute atomic E-state index is 0.146. The quantitative estimate of drug-likeness (QED) is 0.596. The van der Waals surface area contributed by atoms with Crippen LogP contribution < -0.4 is 14.4 Å². The molecule has 0 spiro atoms. The zero-order valence-corrected chi connectivity index (χ0v) is 18.3. The Kier molecular flexibility index (Phi) is 6.34. The Hall–Kier alpha value is -3.03. The van der Waals surface area contributed by atoms with Gasteiger partial charge < -0.3 is 10.1 Å². The molecule has 0 heterocycles. The van der Waals surface area contributed by atoms with Gasteiger partial charge in [-0.05, 0) is 49.4 Å². The number of benzene rings is 3. The molecule has 0 radical (unpaired) electrons. The molecular formula is C22H21ClN2O4S. The highest BCUT2D eigenvalue weighted by Gasteiger charge is 2.25. The van der Waals surface area contributed by atoms with Gasteiger partial charge in [-0.3, -0.25) is 9.10 Å². The zero-order chi connectivity index (χ0) is 21.9. The number of nitrogens with one attached hydrogen (secondary N) is 1. The number of aryl methyl sites for hydroxylation is 1. The molecule has 0 atom stereocenters. The molecule has 30 heavy (non-hydrogen) atoms. The predicted molar refractivity (Wildman–Crippen MR) is 119 cm³/mol. The van der Waals surface area contributed by atoms with E-state index in [0.717, 1.165) is 9.87 Å². The van der Waals surface area contributed by atoms with Crippen molar-refractivity contribution in [1.29, 1.82) is 0 Å². The molecule has 0 aliphatic rings. The van der Waals surface area contributed by atoms with Crippen molar-refractivity contribution in [2.75, 3.05) is 23.8 Å². The van der Waals surface area contributed by atoms with Gasteiger partial charge in [-0.15, -0.1) is 0 Å². The average Bonchev–Trinajstić information content (AvgIpc) is 2.73. The number of amides is 1. The minimum atomic E-state index is -3.84. The first-order chi connectivity index (χ1) is 14.2. The van der Waals surface area contributed by atoms with Crippen LogP contribution in [0, 0.1) is 6.92 Å². The van der Waals surface area contributed by atoms with E-state index >= 15 is 0 Å². The summed E-state index contributed by atoms with van der Waals surface area (Å²) in [6.07, 6.45) is 0. The lowest BCUT2D eigenvalue weighted by Gasteiger charge is -2.22. The summed E-state index contributed by atoms with van der Waals surface area (Å²) in [6, 6.07) is 17.9. The lowest BCUT2D eigenvalue weighted by Crippen LogP contribution is -2.29. The summed E-state index contributed by atoms with van der Waals surface area (Å²) in [5.74, 6) is 0.0248. The third-order valence-corrected chi connectivity index (χ3v) is 6.66. The SMILES string of the molecule is COc1ccc(NC(=O)c2ccccc2N(C)S(=O)(=O)c2ccc(C)cc2)cc1Cl. The van der Waals surface area contributed by atoms with Crippen molar-refractivity contribution in [1.82, 2.24) is 0 Å². The van der Waals surface area contributed by atoms with E-state index in [4.69, 9.17) is 16.3 Å². The van der Waals surface area contributed by atoms with Crippen LogP contribution in [-0.2, 0) is 10.0 Å². The van der Waals surface area contributed by atoms with Gasteiger partial charge in [0.05, 0.1) is 28.3 Å². The Morgan fingerprint density at radius 2 is 1.70 bits per heavy atom. The van der Waals surface area contributed by atoms with E-state index in [1.807, 2.05) is 6.92 Å². The van der Waals surface area contributed by atoms with E-state index in [0.29, 0.717) is 16.5 Å². The maximum atomic E-state index is 13.1. The molecule has 3 rings (SSSR count). The Labute approximate surface area is 181 Å². The van der Waals surface area contributed by atoms with E-state index in [2.05, 4.69) is 5.32 Å². The maximum absolute atomic E-state index is 13.1. The molecular weight excluding hydrogens is 424 g/mol. The first kappa shape index (κ1) is 21.7. The molecule has 3 aromatic carbocycles. The summed E-state index contributed by atoms with van der Waals surface area (Å²) in [6.45, 7) is 1.88. The molecule has 0 aromatic heterocycles. The number of anilines is 2. The smallest absolute Gasteiger partial charge is 0.264 e. The van der Waals surface area contributed by atoms with Crippen LogP contribution in [0.25, 0.3) is 0 Å². The lowest BCUT2D eigenvalue weighted by molar-refractivity contribution is 0.102. The Bertz CT molecular complexity index is 1180. The maximum Gasteiger partial charge on any atom is 0.264 e. The van der Waals surface area contributed by atoms with Crippen LogP contribution in [0.2, 0.25) is 5.02 Å². The van der Waals surface area contributed by atoms with Gasteiger partial charge >= 0.3 is 0 Å². The molecule has 0 fully saturated rings. The van der Waals surface area contributed by atoms with Gasteiger partial charge in [0, 0.05) is 12.7 Å². The van der Waals surface area contributed by atoms with Crippen LogP contribution in [0.3, 0.4) is 0 Å². The van der Waals surface area contributed by atoms with Crippen molar-refractivity contribution in [3.05, 3.63) is 82.9 Å². The molecule has 0 aliphatic carbocycles. The summed E-state index contributed by atoms with van der Waals surface area (Å²) < 4.78 is 32.3. The second-order valence-corrected chi connectivity index (χ2v) is 8.98. The Morgan fingerprint density at radius 1 is 1.03 bits per heavy atom. The number of hydrogen-bond donors (Lipinski definition) is 1. The fraction of sp³-hybridized carbons (Fsp3) is 0.136. The molecule has 1 N–H and O–H groups in total. The number of rotatable bonds is 6. The van der Waals surface area contributed by atoms with Crippen LogP contribution in [-0.4, -0.2) is 28.5 Å². The van der Waals surface area contributed by atoms with Crippen molar-refractivity contribution in [3.63, 3.8) is 0 Å². The number of methoxy groups -OCH3 is 1. The van der Waals surface area contributed by atoms with E-state index in [9.17, 15) is 13.2 Å². The van der Waals surface area contributed by atoms with Gasteiger partial charge in [-0.2, -0.15) is 0 Å². The van der Waals surface area contributed by atoms with Crippen LogP contribution in [0.5, 0.6) is 5.75 Å². The zero-order valence-electron chi connectivity index (χ0n) is 16.7. The number of carbonyl (C=O) groups is 1. The monoisotopic (exact) mass is 444 g/mol. The largest absolute Gasteiger partial charge is 0.495 e. The van der Waals surface area contributed by atoms with E-state index in [-0.39, 0.29) is 16.1 Å². The van der Waals surface area contributed by atoms with Gasteiger partial charge in [-0.1, -0.05) is 41.4 Å². The number of sulfonamides is 1. The molecule has 0 saturated carbocycles. The van der Waals surface area contributed by atoms with E-state index in [1.54, 1.807) is 66.7 Å². The highest BCUT2D eigenvalue weighted by atomic mass is 35.5. The van der Waals surface area contributed by atoms with Crippen molar-refractivity contribution in [2.24, 2.45) is 0 Å². The minimum Gasteiger partial charge on any atom is -0.495 e. The summed E-state index contributed by atoms with van der Waals surface area (Å²) in [5.41, 5.74) is 1.89. The van der Waals surface area contributed by atoms with Gasteiger partial charge in [0.2, 0.25) is 0 Å². The van der Waals surface area contributed by atoms with Gasteiger partial charge in [0.25, 0.3) is 15.9 Å². The van der Waals surface area contributed by atoms with Crippen molar-refractivity contribution in [3.8, 4) is 5.75 Å². The van der Waals surface area contributed by atoms with Crippen LogP contribution in [0.15, 0.2) is 71.6 Å². The molecule has 6 nitrogen and oxygen atoms in total. The molecule has 0 unspecified atom stereocenters. The fourth-order valence-electron chi connectivity index (χ4n) is 2.88. The van der Waals surface area contributed by atoms with Crippen molar-refractivity contribution >= 4 is 38.9 Å². The number of halogens is 1. The molecule has 8 heteroatoms. The number of carbonyl (C=O) groups excluding carboxylic acids is 1. The van der Waals surface area contributed by atoms with Crippen LogP contribution >= 0.6 is 11.6 Å². The second-order valence-electron chi connectivity index (χ2n) is 6.61. The highest BCUT2D eigenvalue weighted by molar-refractivity contribution is 7.92. The van der Waals surface area contributed by atoms with Crippen molar-refractivity contribution < 1.29 is 17.9 Å². The molecule has 0 saturated heterocycles. The first-order valence-corrected chi connectivity index (χ1v) is 10.9. The van der Waals surface area contributed by atoms with Gasteiger partial charge in [0.15, 0.2) is 0 Å². The molecule has 1 amide bonds. The highest BCUT2D eigenvalue weighted by Crippen LogP contribution is 2.29.